The minimum Gasteiger partial charge on any atom is -0.0845 e. The van der Waals surface area contributed by atoms with Crippen LogP contribution in [-0.2, 0) is 0 Å². The highest BCUT2D eigenvalue weighted by Gasteiger charge is 2.32. The van der Waals surface area contributed by atoms with Gasteiger partial charge in [0.25, 0.3) is 0 Å². The maximum Gasteiger partial charge on any atom is -0.0168 e. The van der Waals surface area contributed by atoms with Crippen LogP contribution in [0.1, 0.15) is 19.8 Å². The number of rotatable bonds is 0. The molecule has 0 bridgehead atoms. The first kappa shape index (κ1) is 4.60. The third kappa shape index (κ3) is 0.460. The highest BCUT2D eigenvalue weighted by atomic mass is 14.4. The monoisotopic (exact) mass is 108 g/mol. The van der Waals surface area contributed by atoms with Crippen LogP contribution in [0.5, 0.6) is 0 Å². The molecule has 44 valence electrons. The van der Waals surface area contributed by atoms with Crippen LogP contribution < -0.4 is 0 Å². The van der Waals surface area contributed by atoms with E-state index in [1.165, 1.54) is 12.8 Å². The lowest BCUT2D eigenvalue weighted by Crippen LogP contribution is -2.09. The van der Waals surface area contributed by atoms with E-state index in [2.05, 4.69) is 19.1 Å². The summed E-state index contributed by atoms with van der Waals surface area (Å²) in [6.45, 7) is 2.36. The first-order valence-corrected chi connectivity index (χ1v) is 3.54. The highest BCUT2D eigenvalue weighted by Crippen LogP contribution is 2.43. The Labute approximate surface area is 50.6 Å². The van der Waals surface area contributed by atoms with Gasteiger partial charge in [0.1, 0.15) is 0 Å². The lowest BCUT2D eigenvalue weighted by molar-refractivity contribution is 0.501. The van der Waals surface area contributed by atoms with E-state index in [9.17, 15) is 0 Å². The highest BCUT2D eigenvalue weighted by molar-refractivity contribution is 5.12. The zero-order valence-corrected chi connectivity index (χ0v) is 5.30. The van der Waals surface area contributed by atoms with Gasteiger partial charge in [-0.3, -0.25) is 0 Å². The van der Waals surface area contributed by atoms with Crippen molar-refractivity contribution in [1.82, 2.24) is 0 Å². The molecule has 0 aromatic rings. The zero-order chi connectivity index (χ0) is 5.56. The molecule has 0 saturated heterocycles. The molecule has 0 heteroatoms. The van der Waals surface area contributed by atoms with Gasteiger partial charge in [-0.1, -0.05) is 19.1 Å². The summed E-state index contributed by atoms with van der Waals surface area (Å²) in [6, 6.07) is 0. The first-order valence-electron chi connectivity index (χ1n) is 3.54. The van der Waals surface area contributed by atoms with Crippen LogP contribution in [0, 0.1) is 17.8 Å². The molecule has 3 atom stereocenters. The predicted octanol–water partition coefficient (Wildman–Crippen LogP) is 2.22. The molecule has 2 unspecified atom stereocenters. The van der Waals surface area contributed by atoms with Crippen LogP contribution in [0.3, 0.4) is 0 Å². The Hall–Kier alpha value is -0.260. The molecule has 0 heterocycles. The lowest BCUT2D eigenvalue weighted by atomic mass is 9.86. The van der Waals surface area contributed by atoms with Gasteiger partial charge in [-0.25, -0.2) is 0 Å². The third-order valence-electron chi connectivity index (χ3n) is 2.50. The molecule has 0 aliphatic heterocycles. The maximum atomic E-state index is 2.37. The molecule has 0 aromatic carbocycles. The van der Waals surface area contributed by atoms with E-state index < -0.39 is 0 Å². The molecule has 0 spiro atoms. The molecule has 0 N–H and O–H groups in total. The normalized spacial score (nSPS) is 50.9. The smallest absolute Gasteiger partial charge is 0.0168 e. The molecule has 0 radical (unpaired) electrons. The summed E-state index contributed by atoms with van der Waals surface area (Å²) < 4.78 is 0. The van der Waals surface area contributed by atoms with E-state index in [-0.39, 0.29) is 0 Å². The van der Waals surface area contributed by atoms with E-state index in [1.54, 1.807) is 0 Å². The fraction of sp³-hybridized carbons (Fsp3) is 0.750. The van der Waals surface area contributed by atoms with Gasteiger partial charge in [-0.05, 0) is 30.6 Å². The van der Waals surface area contributed by atoms with Gasteiger partial charge < -0.3 is 0 Å². The van der Waals surface area contributed by atoms with Crippen molar-refractivity contribution in [2.45, 2.75) is 19.8 Å². The molecular formula is C8H12. The summed E-state index contributed by atoms with van der Waals surface area (Å²) in [5.74, 6) is 2.98. The van der Waals surface area contributed by atoms with Crippen LogP contribution >= 0.6 is 0 Å². The second-order valence-electron chi connectivity index (χ2n) is 3.29. The van der Waals surface area contributed by atoms with Gasteiger partial charge in [0, 0.05) is 0 Å². The third-order valence-corrected chi connectivity index (χ3v) is 2.50. The van der Waals surface area contributed by atoms with Crippen LogP contribution in [0.4, 0.5) is 0 Å². The van der Waals surface area contributed by atoms with E-state index in [0.717, 1.165) is 17.8 Å². The van der Waals surface area contributed by atoms with Crippen molar-refractivity contribution in [1.29, 1.82) is 0 Å². The van der Waals surface area contributed by atoms with E-state index in [4.69, 9.17) is 0 Å². The van der Waals surface area contributed by atoms with Gasteiger partial charge in [-0.15, -0.1) is 0 Å². The second-order valence-corrected chi connectivity index (χ2v) is 3.29. The zero-order valence-electron chi connectivity index (χ0n) is 5.30. The maximum absolute atomic E-state index is 2.37. The van der Waals surface area contributed by atoms with Crippen molar-refractivity contribution < 1.29 is 0 Å². The summed E-state index contributed by atoms with van der Waals surface area (Å²) >= 11 is 0. The van der Waals surface area contributed by atoms with Gasteiger partial charge in [0.05, 0.1) is 0 Å². The van der Waals surface area contributed by atoms with Crippen molar-refractivity contribution in [2.75, 3.05) is 0 Å². The van der Waals surface area contributed by atoms with E-state index in [0.29, 0.717) is 0 Å². The first-order chi connectivity index (χ1) is 3.86. The quantitative estimate of drug-likeness (QED) is 0.417. The van der Waals surface area contributed by atoms with Crippen molar-refractivity contribution in [3.05, 3.63) is 12.2 Å². The topological polar surface area (TPSA) is 0 Å². The molecule has 0 amide bonds. The van der Waals surface area contributed by atoms with E-state index >= 15 is 0 Å². The van der Waals surface area contributed by atoms with Gasteiger partial charge in [0.2, 0.25) is 0 Å². The number of hydrogen-bond donors (Lipinski definition) is 0. The Morgan fingerprint density at radius 1 is 1.12 bits per heavy atom. The fourth-order valence-corrected chi connectivity index (χ4v) is 1.96. The van der Waals surface area contributed by atoms with E-state index in [1.807, 2.05) is 0 Å². The Balaban J connectivity index is 2.09. The molecule has 2 rings (SSSR count). The predicted molar refractivity (Wildman–Crippen MR) is 34.5 cm³/mol. The standard InChI is InChI=1S/C8H12/c1-6-4-7-2-3-8(7)5-6/h2-3,6-8H,4-5H2,1H3/t6?,7-,8?/m1/s1. The number of allylic oxidation sites excluding steroid dienone is 2. The summed E-state index contributed by atoms with van der Waals surface area (Å²) in [6.07, 6.45) is 7.66. The van der Waals surface area contributed by atoms with Crippen LogP contribution in [0.15, 0.2) is 12.2 Å². The van der Waals surface area contributed by atoms with Gasteiger partial charge >= 0.3 is 0 Å². The minimum absolute atomic E-state index is 0.991. The molecular weight excluding hydrogens is 96.1 g/mol. The Morgan fingerprint density at radius 3 is 1.88 bits per heavy atom. The SMILES string of the molecule is CC1CC2C=C[C@@H]2C1. The summed E-state index contributed by atoms with van der Waals surface area (Å²) in [5.41, 5.74) is 0. The van der Waals surface area contributed by atoms with Crippen molar-refractivity contribution in [3.8, 4) is 0 Å². The van der Waals surface area contributed by atoms with Gasteiger partial charge in [-0.2, -0.15) is 0 Å². The molecule has 0 aromatic heterocycles. The lowest BCUT2D eigenvalue weighted by Gasteiger charge is -2.19. The van der Waals surface area contributed by atoms with Crippen LogP contribution in [-0.4, -0.2) is 0 Å². The molecule has 2 aliphatic rings. The Morgan fingerprint density at radius 2 is 1.62 bits per heavy atom. The molecule has 1 fully saturated rings. The fourth-order valence-electron chi connectivity index (χ4n) is 1.96. The summed E-state index contributed by atoms with van der Waals surface area (Å²) in [7, 11) is 0. The average molecular weight is 108 g/mol. The molecule has 8 heavy (non-hydrogen) atoms. The number of fused-ring (bicyclic) bond motifs is 1. The molecule has 1 saturated carbocycles. The van der Waals surface area contributed by atoms with Crippen LogP contribution in [0.25, 0.3) is 0 Å². The second kappa shape index (κ2) is 1.37. The minimum atomic E-state index is 0.991. The Bertz CT molecular complexity index is 110. The summed E-state index contributed by atoms with van der Waals surface area (Å²) in [4.78, 5) is 0. The van der Waals surface area contributed by atoms with Crippen LogP contribution in [0.2, 0.25) is 0 Å². The molecule has 0 nitrogen and oxygen atoms in total. The van der Waals surface area contributed by atoms with Crippen molar-refractivity contribution in [2.24, 2.45) is 17.8 Å². The average Bonchev–Trinajstić information content (AvgIpc) is 1.91. The Kier molecular flexibility index (Phi) is 0.787. The number of hydrogen-bond acceptors (Lipinski definition) is 0. The summed E-state index contributed by atoms with van der Waals surface area (Å²) in [5, 5.41) is 0. The van der Waals surface area contributed by atoms with Gasteiger partial charge in [0.15, 0.2) is 0 Å². The molecule has 2 aliphatic carbocycles. The van der Waals surface area contributed by atoms with Crippen molar-refractivity contribution >= 4 is 0 Å². The largest absolute Gasteiger partial charge is 0.0845 e. The van der Waals surface area contributed by atoms with Crippen molar-refractivity contribution in [3.63, 3.8) is 0 Å².